The van der Waals surface area contributed by atoms with Gasteiger partial charge in [-0.15, -0.1) is 0 Å². The van der Waals surface area contributed by atoms with Crippen molar-refractivity contribution in [3.63, 3.8) is 0 Å². The second-order valence-corrected chi connectivity index (χ2v) is 6.36. The Balaban J connectivity index is 2.31. The standard InChI is InChI=1S/C16H25N3O/c1-4-13-6-5-7-16(8-13,10-17)15(20)14-9-18-11-19(14)12(2)3/h9,11-13,15,20H,4-8H2,1-3H3. The Morgan fingerprint density at radius 3 is 2.95 bits per heavy atom. The Kier molecular flexibility index (Phi) is 4.49. The Labute approximate surface area is 121 Å². The molecule has 1 aliphatic carbocycles. The van der Waals surface area contributed by atoms with Gasteiger partial charge in [0.1, 0.15) is 6.10 Å². The van der Waals surface area contributed by atoms with Crippen molar-refractivity contribution in [1.29, 1.82) is 5.26 Å². The maximum atomic E-state index is 10.8. The van der Waals surface area contributed by atoms with Crippen LogP contribution in [0.1, 0.15) is 70.7 Å². The van der Waals surface area contributed by atoms with E-state index in [-0.39, 0.29) is 6.04 Å². The molecule has 110 valence electrons. The smallest absolute Gasteiger partial charge is 0.114 e. The molecule has 0 amide bonds. The summed E-state index contributed by atoms with van der Waals surface area (Å²) >= 11 is 0. The minimum Gasteiger partial charge on any atom is -0.385 e. The molecule has 3 atom stereocenters. The molecular formula is C16H25N3O. The summed E-state index contributed by atoms with van der Waals surface area (Å²) in [6.45, 7) is 6.29. The van der Waals surface area contributed by atoms with Crippen LogP contribution < -0.4 is 0 Å². The second kappa shape index (κ2) is 5.97. The largest absolute Gasteiger partial charge is 0.385 e. The third kappa shape index (κ3) is 2.60. The minimum absolute atomic E-state index is 0.239. The summed E-state index contributed by atoms with van der Waals surface area (Å²) in [5.41, 5.74) is 0.129. The molecule has 0 saturated heterocycles. The van der Waals surface area contributed by atoms with E-state index in [1.165, 1.54) is 6.42 Å². The lowest BCUT2D eigenvalue weighted by Gasteiger charge is -2.39. The zero-order chi connectivity index (χ0) is 14.8. The molecule has 1 aliphatic rings. The molecule has 4 nitrogen and oxygen atoms in total. The molecule has 1 aromatic rings. The molecule has 1 aromatic heterocycles. The molecule has 20 heavy (non-hydrogen) atoms. The number of hydrogen-bond acceptors (Lipinski definition) is 3. The van der Waals surface area contributed by atoms with Gasteiger partial charge in [0.25, 0.3) is 0 Å². The summed E-state index contributed by atoms with van der Waals surface area (Å²) in [5, 5.41) is 20.6. The molecule has 0 bridgehead atoms. The van der Waals surface area contributed by atoms with Gasteiger partial charge in [-0.3, -0.25) is 0 Å². The van der Waals surface area contributed by atoms with Crippen molar-refractivity contribution in [2.45, 2.75) is 65.0 Å². The Morgan fingerprint density at radius 2 is 2.35 bits per heavy atom. The average Bonchev–Trinajstić information content (AvgIpc) is 2.95. The number of aliphatic hydroxyl groups is 1. The van der Waals surface area contributed by atoms with E-state index in [4.69, 9.17) is 0 Å². The third-order valence-corrected chi connectivity index (χ3v) is 4.74. The zero-order valence-corrected chi connectivity index (χ0v) is 12.7. The van der Waals surface area contributed by atoms with Crippen LogP contribution in [-0.4, -0.2) is 14.7 Å². The third-order valence-electron chi connectivity index (χ3n) is 4.74. The number of hydrogen-bond donors (Lipinski definition) is 1. The van der Waals surface area contributed by atoms with E-state index in [1.807, 2.05) is 4.57 Å². The Morgan fingerprint density at radius 1 is 1.60 bits per heavy atom. The second-order valence-electron chi connectivity index (χ2n) is 6.36. The Hall–Kier alpha value is -1.34. The van der Waals surface area contributed by atoms with Crippen LogP contribution in [0.25, 0.3) is 0 Å². The lowest BCUT2D eigenvalue weighted by molar-refractivity contribution is 0.0128. The van der Waals surface area contributed by atoms with Gasteiger partial charge in [0, 0.05) is 6.04 Å². The van der Waals surface area contributed by atoms with Crippen LogP contribution in [0.2, 0.25) is 0 Å². The predicted molar refractivity (Wildman–Crippen MR) is 77.9 cm³/mol. The molecule has 0 aliphatic heterocycles. The molecular weight excluding hydrogens is 250 g/mol. The molecule has 1 saturated carbocycles. The molecule has 3 unspecified atom stereocenters. The average molecular weight is 275 g/mol. The zero-order valence-electron chi connectivity index (χ0n) is 12.7. The van der Waals surface area contributed by atoms with E-state index in [2.05, 4.69) is 31.8 Å². The van der Waals surface area contributed by atoms with Crippen LogP contribution in [0.15, 0.2) is 12.5 Å². The van der Waals surface area contributed by atoms with Gasteiger partial charge >= 0.3 is 0 Å². The topological polar surface area (TPSA) is 61.8 Å². The first-order chi connectivity index (χ1) is 9.54. The maximum absolute atomic E-state index is 10.8. The monoisotopic (exact) mass is 275 g/mol. The lowest BCUT2D eigenvalue weighted by Crippen LogP contribution is -2.34. The number of rotatable bonds is 4. The van der Waals surface area contributed by atoms with Crippen LogP contribution in [0, 0.1) is 22.7 Å². The molecule has 2 rings (SSSR count). The molecule has 0 radical (unpaired) electrons. The normalized spacial score (nSPS) is 28.3. The Bertz CT molecular complexity index is 488. The highest BCUT2D eigenvalue weighted by molar-refractivity contribution is 5.16. The summed E-state index contributed by atoms with van der Waals surface area (Å²) in [4.78, 5) is 4.16. The summed E-state index contributed by atoms with van der Waals surface area (Å²) in [6.07, 6.45) is 7.57. The van der Waals surface area contributed by atoms with Gasteiger partial charge < -0.3 is 9.67 Å². The van der Waals surface area contributed by atoms with Crippen LogP contribution in [0.5, 0.6) is 0 Å². The van der Waals surface area contributed by atoms with E-state index < -0.39 is 11.5 Å². The number of aliphatic hydroxyl groups excluding tert-OH is 1. The van der Waals surface area contributed by atoms with Crippen molar-refractivity contribution in [3.05, 3.63) is 18.2 Å². The quantitative estimate of drug-likeness (QED) is 0.913. The van der Waals surface area contributed by atoms with Gasteiger partial charge in [0.15, 0.2) is 0 Å². The van der Waals surface area contributed by atoms with Crippen molar-refractivity contribution < 1.29 is 5.11 Å². The maximum Gasteiger partial charge on any atom is 0.114 e. The molecule has 0 aromatic carbocycles. The lowest BCUT2D eigenvalue weighted by atomic mass is 9.66. The van der Waals surface area contributed by atoms with Crippen molar-refractivity contribution >= 4 is 0 Å². The number of nitriles is 1. The van der Waals surface area contributed by atoms with E-state index >= 15 is 0 Å². The number of aromatic nitrogens is 2. The molecule has 1 N–H and O–H groups in total. The fraction of sp³-hybridized carbons (Fsp3) is 0.750. The predicted octanol–water partition coefficient (Wildman–Crippen LogP) is 3.61. The first kappa shape index (κ1) is 15.1. The first-order valence-corrected chi connectivity index (χ1v) is 7.65. The van der Waals surface area contributed by atoms with Crippen molar-refractivity contribution in [1.82, 2.24) is 9.55 Å². The van der Waals surface area contributed by atoms with Crippen molar-refractivity contribution in [2.75, 3.05) is 0 Å². The van der Waals surface area contributed by atoms with Gasteiger partial charge in [-0.1, -0.05) is 26.2 Å². The van der Waals surface area contributed by atoms with Gasteiger partial charge in [-0.25, -0.2) is 4.98 Å². The molecule has 0 spiro atoms. The van der Waals surface area contributed by atoms with Crippen molar-refractivity contribution in [3.8, 4) is 6.07 Å². The van der Waals surface area contributed by atoms with Crippen LogP contribution in [0.4, 0.5) is 0 Å². The van der Waals surface area contributed by atoms with Gasteiger partial charge in [-0.05, 0) is 32.6 Å². The number of imidazole rings is 1. The highest BCUT2D eigenvalue weighted by Gasteiger charge is 2.44. The van der Waals surface area contributed by atoms with E-state index in [9.17, 15) is 10.4 Å². The highest BCUT2D eigenvalue weighted by atomic mass is 16.3. The first-order valence-electron chi connectivity index (χ1n) is 7.65. The van der Waals surface area contributed by atoms with E-state index in [0.29, 0.717) is 5.92 Å². The van der Waals surface area contributed by atoms with Gasteiger partial charge in [0.05, 0.1) is 29.7 Å². The summed E-state index contributed by atoms with van der Waals surface area (Å²) in [6, 6.07) is 2.68. The molecule has 1 fully saturated rings. The van der Waals surface area contributed by atoms with Crippen molar-refractivity contribution in [2.24, 2.45) is 11.3 Å². The van der Waals surface area contributed by atoms with Gasteiger partial charge in [-0.2, -0.15) is 5.26 Å². The summed E-state index contributed by atoms with van der Waals surface area (Å²) in [7, 11) is 0. The minimum atomic E-state index is -0.744. The van der Waals surface area contributed by atoms with Crippen LogP contribution >= 0.6 is 0 Å². The fourth-order valence-electron chi connectivity index (χ4n) is 3.43. The van der Waals surface area contributed by atoms with Gasteiger partial charge in [0.2, 0.25) is 0 Å². The molecule has 1 heterocycles. The summed E-state index contributed by atoms with van der Waals surface area (Å²) < 4.78 is 1.97. The van der Waals surface area contributed by atoms with E-state index in [1.54, 1.807) is 12.5 Å². The molecule has 4 heteroatoms. The number of nitrogens with zero attached hydrogens (tertiary/aromatic N) is 3. The van der Waals surface area contributed by atoms with Crippen LogP contribution in [0.3, 0.4) is 0 Å². The van der Waals surface area contributed by atoms with Crippen LogP contribution in [-0.2, 0) is 0 Å². The summed E-state index contributed by atoms with van der Waals surface area (Å²) in [5.74, 6) is 0.550. The highest BCUT2D eigenvalue weighted by Crippen LogP contribution is 2.48. The fourth-order valence-corrected chi connectivity index (χ4v) is 3.43. The van der Waals surface area contributed by atoms with E-state index in [0.717, 1.165) is 31.4 Å². The SMILES string of the molecule is CCC1CCCC(C#N)(C(O)c2cncn2C(C)C)C1.